The van der Waals surface area contributed by atoms with Gasteiger partial charge in [-0.1, -0.05) is 0 Å². The molecule has 0 aromatic heterocycles. The molecule has 9 nitrogen and oxygen atoms in total. The van der Waals surface area contributed by atoms with Crippen LogP contribution in [0.25, 0.3) is 0 Å². The molecule has 0 radical (unpaired) electrons. The Hall–Kier alpha value is -0.598. The zero-order valence-corrected chi connectivity index (χ0v) is 6.68. The van der Waals surface area contributed by atoms with Gasteiger partial charge in [-0.2, -0.15) is 0 Å². The minimum atomic E-state index is -2.27. The van der Waals surface area contributed by atoms with E-state index >= 15 is 0 Å². The number of carboxylic acid groups (broad SMARTS) is 2. The van der Waals surface area contributed by atoms with Crippen molar-refractivity contribution in [3.63, 3.8) is 0 Å². The van der Waals surface area contributed by atoms with E-state index < -0.39 is 31.5 Å². The molecule has 11 heteroatoms. The topological polar surface area (TPSA) is 176 Å². The van der Waals surface area contributed by atoms with Gasteiger partial charge in [0.05, 0.1) is 0 Å². The molecule has 0 aromatic carbocycles. The van der Waals surface area contributed by atoms with Crippen molar-refractivity contribution in [2.45, 2.75) is 12.2 Å². The van der Waals surface area contributed by atoms with Gasteiger partial charge in [-0.3, -0.25) is 0 Å². The van der Waals surface area contributed by atoms with Gasteiger partial charge in [0.1, 0.15) is 0 Å². The van der Waals surface area contributed by atoms with Crippen LogP contribution in [0, 0.1) is 0 Å². The number of aliphatic carboxylic acids is 2. The molecule has 15 heavy (non-hydrogen) atoms. The Kier molecular flexibility index (Phi) is 13.2. The number of hydrogen-bond donors (Lipinski definition) is 7. The molecule has 7 N–H and O–H groups in total. The molecule has 0 saturated carbocycles. The van der Waals surface area contributed by atoms with E-state index in [1.54, 1.807) is 0 Å². The predicted molar refractivity (Wildman–Crippen MR) is 46.8 cm³/mol. The van der Waals surface area contributed by atoms with E-state index in [2.05, 4.69) is 0 Å². The van der Waals surface area contributed by atoms with Gasteiger partial charge < -0.3 is 35.5 Å². The average molecular weight is 220 g/mol. The van der Waals surface area contributed by atoms with Crippen molar-refractivity contribution in [3.05, 3.63) is 0 Å². The summed E-state index contributed by atoms with van der Waals surface area (Å²) in [6.45, 7) is 0. The summed E-state index contributed by atoms with van der Waals surface area (Å²) in [6, 6.07) is 0. The van der Waals surface area contributed by atoms with Gasteiger partial charge in [-0.05, 0) is 0 Å². The molecule has 0 aromatic rings. The maximum atomic E-state index is 9.77. The van der Waals surface area contributed by atoms with E-state index in [-0.39, 0.29) is 18.9 Å². The zero-order valence-electron chi connectivity index (χ0n) is 6.68. The van der Waals surface area contributed by atoms with E-state index in [4.69, 9.17) is 35.5 Å². The Morgan fingerprint density at radius 2 is 1.00 bits per heavy atom. The summed E-state index contributed by atoms with van der Waals surface area (Å²) in [5, 5.41) is 54.0. The Bertz CT molecular complexity index is 176. The molecule has 0 aliphatic carbocycles. The molecule has 0 spiro atoms. The van der Waals surface area contributed by atoms with Crippen molar-refractivity contribution in [2.24, 2.45) is 0 Å². The summed E-state index contributed by atoms with van der Waals surface area (Å²) in [7, 11) is -2.17. The summed E-state index contributed by atoms with van der Waals surface area (Å²) in [5.41, 5.74) is 0. The predicted octanol–water partition coefficient (Wildman–Crippen LogP) is -4.82. The number of carbonyl (C=O) groups is 2. The monoisotopic (exact) mass is 220 g/mol. The first kappa shape index (κ1) is 19.9. The second kappa shape index (κ2) is 9.94. The van der Waals surface area contributed by atoms with Crippen LogP contribution in [-0.2, 0) is 9.59 Å². The van der Waals surface area contributed by atoms with Crippen LogP contribution in [0.3, 0.4) is 0 Å². The minimum absolute atomic E-state index is 0. The van der Waals surface area contributed by atoms with Crippen molar-refractivity contribution >= 4 is 38.1 Å². The Morgan fingerprint density at radius 3 is 1.07 bits per heavy atom. The summed E-state index contributed by atoms with van der Waals surface area (Å²) >= 11 is 0. The van der Waals surface area contributed by atoms with Gasteiger partial charge >= 0.3 is 38.1 Å². The van der Waals surface area contributed by atoms with Gasteiger partial charge in [0.15, 0.2) is 12.2 Å². The average Bonchev–Trinajstić information content (AvgIpc) is 2.00. The van der Waals surface area contributed by atoms with Crippen LogP contribution in [0.1, 0.15) is 0 Å². The second-order valence-electron chi connectivity index (χ2n) is 1.91. The Labute approximate surface area is 95.9 Å². The number of carboxylic acids is 2. The van der Waals surface area contributed by atoms with E-state index in [9.17, 15) is 9.59 Å². The van der Waals surface area contributed by atoms with Crippen LogP contribution in [0.15, 0.2) is 0 Å². The summed E-state index contributed by atoms with van der Waals surface area (Å²) < 4.78 is 0. The third-order valence-electron chi connectivity index (χ3n) is 0.805. The van der Waals surface area contributed by atoms with Crippen molar-refractivity contribution in [2.75, 3.05) is 0 Å². The van der Waals surface area contributed by atoms with Crippen molar-refractivity contribution in [3.8, 4) is 0 Å². The van der Waals surface area contributed by atoms with Gasteiger partial charge in [0.2, 0.25) is 0 Å². The standard InChI is InChI=1S/C4H6O6.BH3O3.Li.H/c5-1(3(7)8)2(6)4(9)10;2-1(3)4;;/h1-2,5-6H,(H,7,8)(H,9,10);2-4H;;. The summed E-state index contributed by atoms with van der Waals surface area (Å²) in [6.07, 6.45) is -4.53. The number of hydrogen-bond acceptors (Lipinski definition) is 7. The van der Waals surface area contributed by atoms with Gasteiger partial charge in [0, 0.05) is 0 Å². The summed E-state index contributed by atoms with van der Waals surface area (Å²) in [5.74, 6) is -3.54. The fraction of sp³-hybridized carbons (Fsp3) is 0.500. The zero-order chi connectivity index (χ0) is 11.9. The third-order valence-corrected chi connectivity index (χ3v) is 0.805. The Balaban J connectivity index is -0.000000249. The second-order valence-corrected chi connectivity index (χ2v) is 1.91. The Morgan fingerprint density at radius 1 is 0.867 bits per heavy atom. The van der Waals surface area contributed by atoms with Gasteiger partial charge in [-0.25, -0.2) is 9.59 Å². The van der Waals surface area contributed by atoms with E-state index in [1.807, 2.05) is 0 Å². The third kappa shape index (κ3) is 13.4. The molecular weight excluding hydrogens is 210 g/mol. The normalized spacial score (nSPS) is 12.3. The first-order valence-corrected chi connectivity index (χ1v) is 3.06. The fourth-order valence-electron chi connectivity index (χ4n) is 0.270. The molecule has 0 aliphatic rings. The van der Waals surface area contributed by atoms with E-state index in [0.29, 0.717) is 0 Å². The number of aliphatic hydroxyl groups excluding tert-OH is 2. The van der Waals surface area contributed by atoms with Crippen LogP contribution >= 0.6 is 0 Å². The molecule has 0 saturated heterocycles. The van der Waals surface area contributed by atoms with Gasteiger partial charge in [-0.15, -0.1) is 0 Å². The first-order chi connectivity index (χ1) is 6.20. The van der Waals surface area contributed by atoms with Crippen molar-refractivity contribution in [1.29, 1.82) is 0 Å². The maximum absolute atomic E-state index is 9.77. The van der Waals surface area contributed by atoms with Crippen LogP contribution in [0.5, 0.6) is 0 Å². The number of aliphatic hydroxyl groups is 2. The van der Waals surface area contributed by atoms with Crippen LogP contribution in [0.4, 0.5) is 0 Å². The molecule has 2 unspecified atom stereocenters. The molecule has 0 heterocycles. The van der Waals surface area contributed by atoms with Crippen LogP contribution in [0.2, 0.25) is 0 Å². The number of rotatable bonds is 3. The van der Waals surface area contributed by atoms with Crippen LogP contribution < -0.4 is 0 Å². The molecule has 84 valence electrons. The van der Waals surface area contributed by atoms with E-state index in [0.717, 1.165) is 0 Å². The molecule has 0 amide bonds. The molecule has 0 aliphatic heterocycles. The molecule has 0 rings (SSSR count). The quantitative estimate of drug-likeness (QED) is 0.230. The van der Waals surface area contributed by atoms with Gasteiger partial charge in [0.25, 0.3) is 0 Å². The van der Waals surface area contributed by atoms with Crippen LogP contribution in [-0.4, -0.2) is 85.8 Å². The molecule has 2 atom stereocenters. The fourth-order valence-corrected chi connectivity index (χ4v) is 0.270. The SMILES string of the molecule is O=C(O)C(O)C(O)C(=O)O.OB(O)O.[LiH]. The molecule has 0 fully saturated rings. The first-order valence-electron chi connectivity index (χ1n) is 3.06. The van der Waals surface area contributed by atoms with Crippen molar-refractivity contribution < 1.29 is 45.1 Å². The van der Waals surface area contributed by atoms with Crippen molar-refractivity contribution in [1.82, 2.24) is 0 Å². The molecular formula is C4H10BLiO9. The molecule has 0 bridgehead atoms. The summed E-state index contributed by atoms with van der Waals surface area (Å²) in [4.78, 5) is 19.5. The van der Waals surface area contributed by atoms with E-state index in [1.165, 1.54) is 0 Å².